The summed E-state index contributed by atoms with van der Waals surface area (Å²) in [5.41, 5.74) is 2.07. The molecule has 0 aliphatic carbocycles. The first-order valence-electron chi connectivity index (χ1n) is 9.61. The minimum Gasteiger partial charge on any atom is -0.296 e. The summed E-state index contributed by atoms with van der Waals surface area (Å²) >= 11 is 1.86. The van der Waals surface area contributed by atoms with E-state index in [2.05, 4.69) is 28.9 Å². The maximum atomic E-state index is 13.4. The lowest BCUT2D eigenvalue weighted by molar-refractivity contribution is 0.105. The Labute approximate surface area is 169 Å². The summed E-state index contributed by atoms with van der Waals surface area (Å²) < 4.78 is 26.9. The molecule has 5 heteroatoms. The van der Waals surface area contributed by atoms with Crippen molar-refractivity contribution in [3.05, 3.63) is 93.2 Å². The molecule has 0 radical (unpaired) electrons. The molecule has 0 spiro atoms. The second-order valence-electron chi connectivity index (χ2n) is 7.33. The Hall–Kier alpha value is -2.08. The van der Waals surface area contributed by atoms with Crippen molar-refractivity contribution in [2.24, 2.45) is 0 Å². The Bertz CT molecular complexity index is 852. The maximum Gasteiger partial charge on any atom is 0.123 e. The van der Waals surface area contributed by atoms with Crippen LogP contribution in [0.5, 0.6) is 0 Å². The fourth-order valence-electron chi connectivity index (χ4n) is 3.87. The lowest BCUT2D eigenvalue weighted by atomic mass is 9.96. The highest BCUT2D eigenvalue weighted by atomic mass is 32.1. The van der Waals surface area contributed by atoms with Crippen LogP contribution in [0, 0.1) is 18.6 Å². The van der Waals surface area contributed by atoms with Crippen LogP contribution in [0.4, 0.5) is 8.78 Å². The van der Waals surface area contributed by atoms with E-state index in [1.165, 1.54) is 34.0 Å². The Morgan fingerprint density at radius 1 is 0.786 bits per heavy atom. The predicted molar refractivity (Wildman–Crippen MR) is 111 cm³/mol. The molecule has 3 aromatic rings. The third kappa shape index (κ3) is 4.49. The molecule has 2 heterocycles. The number of piperazine rings is 1. The van der Waals surface area contributed by atoms with Crippen LogP contribution in [-0.4, -0.2) is 36.0 Å². The normalized spacial score (nSPS) is 16.0. The van der Waals surface area contributed by atoms with Gasteiger partial charge in [0.2, 0.25) is 0 Å². The summed E-state index contributed by atoms with van der Waals surface area (Å²) in [6, 6.07) is 17.8. The number of benzene rings is 2. The van der Waals surface area contributed by atoms with Crippen LogP contribution >= 0.6 is 11.3 Å². The smallest absolute Gasteiger partial charge is 0.123 e. The first-order valence-corrected chi connectivity index (χ1v) is 10.4. The van der Waals surface area contributed by atoms with Crippen molar-refractivity contribution < 1.29 is 8.78 Å². The van der Waals surface area contributed by atoms with Gasteiger partial charge in [0.25, 0.3) is 0 Å². The van der Waals surface area contributed by atoms with Crippen LogP contribution in [0.25, 0.3) is 0 Å². The monoisotopic (exact) mass is 398 g/mol. The highest BCUT2D eigenvalue weighted by Gasteiger charge is 2.26. The maximum absolute atomic E-state index is 13.4. The molecule has 0 N–H and O–H groups in total. The summed E-state index contributed by atoms with van der Waals surface area (Å²) in [6.45, 7) is 6.94. The molecule has 0 atom stereocenters. The number of halogens is 2. The second kappa shape index (κ2) is 8.52. The van der Waals surface area contributed by atoms with E-state index >= 15 is 0 Å². The van der Waals surface area contributed by atoms with Crippen molar-refractivity contribution >= 4 is 11.3 Å². The van der Waals surface area contributed by atoms with Crippen molar-refractivity contribution in [1.29, 1.82) is 0 Å². The van der Waals surface area contributed by atoms with Crippen LogP contribution in [0.15, 0.2) is 60.7 Å². The van der Waals surface area contributed by atoms with Gasteiger partial charge in [0.05, 0.1) is 6.04 Å². The van der Waals surface area contributed by atoms with Crippen LogP contribution in [0.3, 0.4) is 0 Å². The van der Waals surface area contributed by atoms with Gasteiger partial charge in [-0.1, -0.05) is 24.3 Å². The molecule has 1 aliphatic heterocycles. The Morgan fingerprint density at radius 3 is 1.79 bits per heavy atom. The number of hydrogen-bond donors (Lipinski definition) is 0. The molecule has 1 saturated heterocycles. The largest absolute Gasteiger partial charge is 0.296 e. The average Bonchev–Trinajstić information content (AvgIpc) is 3.11. The van der Waals surface area contributed by atoms with E-state index in [0.29, 0.717) is 0 Å². The molecular formula is C23H24F2N2S. The summed E-state index contributed by atoms with van der Waals surface area (Å²) in [5, 5.41) is 0. The molecule has 0 amide bonds. The van der Waals surface area contributed by atoms with Gasteiger partial charge in [-0.2, -0.15) is 0 Å². The number of rotatable bonds is 5. The zero-order valence-corrected chi connectivity index (χ0v) is 16.8. The van der Waals surface area contributed by atoms with E-state index < -0.39 is 0 Å². The average molecular weight is 399 g/mol. The zero-order valence-electron chi connectivity index (χ0n) is 15.9. The van der Waals surface area contributed by atoms with Crippen molar-refractivity contribution in [2.75, 3.05) is 26.2 Å². The number of nitrogens with zero attached hydrogens (tertiary/aromatic N) is 2. The fraction of sp³-hybridized carbons (Fsp3) is 0.304. The molecule has 146 valence electrons. The van der Waals surface area contributed by atoms with E-state index in [-0.39, 0.29) is 17.7 Å². The van der Waals surface area contributed by atoms with Crippen molar-refractivity contribution in [3.63, 3.8) is 0 Å². The third-order valence-corrected chi connectivity index (χ3v) is 6.30. The van der Waals surface area contributed by atoms with Gasteiger partial charge in [-0.25, -0.2) is 8.78 Å². The van der Waals surface area contributed by atoms with E-state index in [0.717, 1.165) is 43.9 Å². The number of hydrogen-bond acceptors (Lipinski definition) is 3. The third-order valence-electron chi connectivity index (χ3n) is 5.32. The molecule has 0 unspecified atom stereocenters. The molecular weight excluding hydrogens is 374 g/mol. The lowest BCUT2D eigenvalue weighted by Crippen LogP contribution is -2.47. The van der Waals surface area contributed by atoms with Gasteiger partial charge in [-0.15, -0.1) is 11.3 Å². The Kier molecular flexibility index (Phi) is 5.85. The van der Waals surface area contributed by atoms with E-state index in [1.54, 1.807) is 0 Å². The van der Waals surface area contributed by atoms with Crippen LogP contribution in [0.1, 0.15) is 26.9 Å². The van der Waals surface area contributed by atoms with Crippen molar-refractivity contribution in [2.45, 2.75) is 19.5 Å². The highest BCUT2D eigenvalue weighted by Crippen LogP contribution is 2.30. The lowest BCUT2D eigenvalue weighted by Gasteiger charge is -2.39. The molecule has 0 saturated carbocycles. The SMILES string of the molecule is Cc1ccc(CN2CCN(C(c3ccc(F)cc3)c3ccc(F)cc3)CC2)s1. The van der Waals surface area contributed by atoms with Crippen LogP contribution < -0.4 is 0 Å². The van der Waals surface area contributed by atoms with Gasteiger partial charge in [-0.05, 0) is 54.4 Å². The minimum atomic E-state index is -0.238. The Morgan fingerprint density at radius 2 is 1.32 bits per heavy atom. The van der Waals surface area contributed by atoms with Gasteiger partial charge in [-0.3, -0.25) is 9.80 Å². The van der Waals surface area contributed by atoms with Gasteiger partial charge in [0.1, 0.15) is 11.6 Å². The van der Waals surface area contributed by atoms with E-state index in [1.807, 2.05) is 35.6 Å². The van der Waals surface area contributed by atoms with Gasteiger partial charge >= 0.3 is 0 Å². The summed E-state index contributed by atoms with van der Waals surface area (Å²) in [6.07, 6.45) is 0. The minimum absolute atomic E-state index is 0.00679. The molecule has 1 aliphatic rings. The van der Waals surface area contributed by atoms with Crippen LogP contribution in [0.2, 0.25) is 0 Å². The topological polar surface area (TPSA) is 6.48 Å². The molecule has 2 nitrogen and oxygen atoms in total. The number of aryl methyl sites for hydroxylation is 1. The summed E-state index contributed by atoms with van der Waals surface area (Å²) in [5.74, 6) is -0.477. The van der Waals surface area contributed by atoms with Gasteiger partial charge in [0, 0.05) is 42.5 Å². The Balaban J connectivity index is 1.51. The van der Waals surface area contributed by atoms with Gasteiger partial charge in [0.15, 0.2) is 0 Å². The standard InChI is InChI=1S/C23H24F2N2S/c1-17-2-11-22(28-17)16-26-12-14-27(15-13-26)23(18-3-7-20(24)8-4-18)19-5-9-21(25)10-6-19/h2-11,23H,12-16H2,1H3. The number of thiophene rings is 1. The molecule has 1 aromatic heterocycles. The second-order valence-corrected chi connectivity index (χ2v) is 8.70. The van der Waals surface area contributed by atoms with Crippen LogP contribution in [-0.2, 0) is 6.54 Å². The molecule has 1 fully saturated rings. The molecule has 0 bridgehead atoms. The quantitative estimate of drug-likeness (QED) is 0.580. The molecule has 2 aromatic carbocycles. The first-order chi connectivity index (χ1) is 13.6. The zero-order chi connectivity index (χ0) is 19.5. The first kappa shape index (κ1) is 19.2. The van der Waals surface area contributed by atoms with Crippen molar-refractivity contribution in [1.82, 2.24) is 9.80 Å². The molecule has 28 heavy (non-hydrogen) atoms. The van der Waals surface area contributed by atoms with E-state index in [9.17, 15) is 8.78 Å². The summed E-state index contributed by atoms with van der Waals surface area (Å²) in [4.78, 5) is 7.64. The van der Waals surface area contributed by atoms with Crippen molar-refractivity contribution in [3.8, 4) is 0 Å². The highest BCUT2D eigenvalue weighted by molar-refractivity contribution is 7.11. The summed E-state index contributed by atoms with van der Waals surface area (Å²) in [7, 11) is 0. The van der Waals surface area contributed by atoms with E-state index in [4.69, 9.17) is 0 Å². The molecule has 4 rings (SSSR count). The predicted octanol–water partition coefficient (Wildman–Crippen LogP) is 5.24. The van der Waals surface area contributed by atoms with Gasteiger partial charge < -0.3 is 0 Å². The fourth-order valence-corrected chi connectivity index (χ4v) is 4.81.